The van der Waals surface area contributed by atoms with E-state index in [-0.39, 0.29) is 41.0 Å². The third-order valence-corrected chi connectivity index (χ3v) is 11.4. The second kappa shape index (κ2) is 12.9. The number of oxime groups is 1. The van der Waals surface area contributed by atoms with Crippen LogP contribution in [-0.2, 0) is 37.0 Å². The minimum Gasteiger partial charge on any atom is -0.543 e. The lowest BCUT2D eigenvalue weighted by atomic mass is 9.90. The molecule has 0 saturated carbocycles. The minimum absolute atomic E-state index is 0.00745. The van der Waals surface area contributed by atoms with Gasteiger partial charge in [-0.3, -0.25) is 19.1 Å². The summed E-state index contributed by atoms with van der Waals surface area (Å²) in [6.45, 7) is 1.76. The second-order valence-electron chi connectivity index (χ2n) is 9.25. The van der Waals surface area contributed by atoms with E-state index >= 15 is 0 Å². The molecule has 43 heavy (non-hydrogen) atoms. The predicted octanol–water partition coefficient (Wildman–Crippen LogP) is 1.15. The van der Waals surface area contributed by atoms with Gasteiger partial charge in [0.15, 0.2) is 34.1 Å². The number of aliphatic carboxylic acids is 1. The van der Waals surface area contributed by atoms with Crippen molar-refractivity contribution in [1.82, 2.24) is 19.2 Å². The second-order valence-corrected chi connectivity index (χ2v) is 15.0. The number of rotatable bonds is 12. The topological polar surface area (TPSA) is 199 Å². The first-order chi connectivity index (χ1) is 20.4. The van der Waals surface area contributed by atoms with Crippen molar-refractivity contribution in [2.24, 2.45) is 18.1 Å². The van der Waals surface area contributed by atoms with Gasteiger partial charge in [0.2, 0.25) is 5.91 Å². The van der Waals surface area contributed by atoms with Crippen molar-refractivity contribution in [3.63, 3.8) is 0 Å². The van der Waals surface area contributed by atoms with Crippen molar-refractivity contribution in [2.75, 3.05) is 12.4 Å². The highest BCUT2D eigenvalue weighted by Crippen LogP contribution is 2.49. The fraction of sp³-hybridized carbons (Fsp3) is 0.333. The molecule has 1 saturated heterocycles. The lowest BCUT2D eigenvalue weighted by Gasteiger charge is -2.50. The number of hydrogen-bond donors (Lipinski definition) is 2. The summed E-state index contributed by atoms with van der Waals surface area (Å²) in [5.74, 6) is -3.43. The van der Waals surface area contributed by atoms with Crippen molar-refractivity contribution >= 4 is 77.4 Å². The van der Waals surface area contributed by atoms with E-state index in [0.29, 0.717) is 20.8 Å². The zero-order valence-corrected chi connectivity index (χ0v) is 26.6. The van der Waals surface area contributed by atoms with Crippen molar-refractivity contribution in [1.29, 1.82) is 0 Å². The maximum absolute atomic E-state index is 13.3. The van der Waals surface area contributed by atoms with Crippen LogP contribution in [0.1, 0.15) is 24.2 Å². The lowest BCUT2D eigenvalue weighted by Crippen LogP contribution is -2.63. The number of Topliss-reactive ketones (excluding diaryl/α,β-unsaturated/α-hetero) is 1. The molecule has 3 aromatic rings. The molecule has 14 nitrogen and oxygen atoms in total. The molecule has 0 spiro atoms. The van der Waals surface area contributed by atoms with Gasteiger partial charge in [-0.2, -0.15) is 4.37 Å². The van der Waals surface area contributed by atoms with Gasteiger partial charge >= 0.3 is 7.60 Å². The van der Waals surface area contributed by atoms with Gasteiger partial charge in [-0.1, -0.05) is 16.9 Å². The number of β-lactam (4-membered cyclic amide) rings is 1. The summed E-state index contributed by atoms with van der Waals surface area (Å²) in [4.78, 5) is 72.3. The number of aryl methyl sites for hydroxylation is 1. The minimum atomic E-state index is -4.41. The number of aromatic nitrogens is 4. The molecule has 2 atom stereocenters. The molecule has 0 aromatic carbocycles. The highest BCUT2D eigenvalue weighted by atomic mass is 32.2. The molecule has 226 valence electrons. The van der Waals surface area contributed by atoms with Gasteiger partial charge in [0.25, 0.3) is 0 Å². The smallest absolute Gasteiger partial charge is 0.332 e. The van der Waals surface area contributed by atoms with E-state index in [1.54, 1.807) is 6.92 Å². The Morgan fingerprint density at radius 2 is 2.05 bits per heavy atom. The summed E-state index contributed by atoms with van der Waals surface area (Å²) in [7, 11) is -2.51. The number of carbonyl (C=O) groups is 3. The van der Waals surface area contributed by atoms with Crippen LogP contribution in [0, 0.1) is 5.92 Å². The molecule has 0 unspecified atom stereocenters. The van der Waals surface area contributed by atoms with Gasteiger partial charge in [-0.25, -0.2) is 14.5 Å². The standard InChI is InChI=1S/C24H23N6O8PS4/c1-3-38-27-18(20-26-17(43-28-20)9-39(35,36)37)15(31)8-13-21(32)30-19(23(33)34)16(11-40-22(13)30)42-24-25-14(10-41-24)12-4-6-29(2)7-5-12/h4-7,10,13,22H,3,8-9,11H2,1-2H3,(H2-,33,34,35,36,37)/b27-18+/t13-,22-/m1/s1. The number of pyridine rings is 1. The summed E-state index contributed by atoms with van der Waals surface area (Å²) in [5.41, 5.74) is 1.13. The van der Waals surface area contributed by atoms with Crippen LogP contribution in [0.5, 0.6) is 0 Å². The van der Waals surface area contributed by atoms with Crippen LogP contribution < -0.4 is 9.67 Å². The number of carboxylic acids is 1. The summed E-state index contributed by atoms with van der Waals surface area (Å²) in [5, 5.41) is 17.3. The van der Waals surface area contributed by atoms with E-state index in [1.807, 2.05) is 41.5 Å². The molecule has 2 aliphatic rings. The SMILES string of the molecule is CCO/N=C(\C(=O)C[C@@H]1C(=O)N2C(C(=O)[O-])=C(Sc3nc(-c4cc[n+](C)cc4)cs3)CS[C@H]12)c1nsc(CP(=O)(O)O)n1. The zero-order valence-electron chi connectivity index (χ0n) is 22.5. The molecule has 0 radical (unpaired) electrons. The van der Waals surface area contributed by atoms with E-state index in [2.05, 4.69) is 19.5 Å². The number of thiazole rings is 1. The maximum atomic E-state index is 13.3. The maximum Gasteiger partial charge on any atom is 0.332 e. The van der Waals surface area contributed by atoms with Crippen LogP contribution in [0.2, 0.25) is 0 Å². The Morgan fingerprint density at radius 1 is 1.30 bits per heavy atom. The Kier molecular flexibility index (Phi) is 9.46. The zero-order chi connectivity index (χ0) is 30.9. The Labute approximate surface area is 261 Å². The largest absolute Gasteiger partial charge is 0.543 e. The summed E-state index contributed by atoms with van der Waals surface area (Å²) in [6, 6.07) is 3.85. The van der Waals surface area contributed by atoms with Crippen molar-refractivity contribution < 1.29 is 43.2 Å². The number of carbonyl (C=O) groups excluding carboxylic acids is 3. The third-order valence-electron chi connectivity index (χ3n) is 6.18. The molecule has 0 bridgehead atoms. The Bertz CT molecular complexity index is 1680. The average Bonchev–Trinajstić information content (AvgIpc) is 3.60. The first-order valence-electron chi connectivity index (χ1n) is 12.5. The van der Waals surface area contributed by atoms with Crippen LogP contribution >= 0.6 is 54.0 Å². The van der Waals surface area contributed by atoms with Gasteiger partial charge in [-0.05, 0) is 18.5 Å². The molecule has 19 heteroatoms. The van der Waals surface area contributed by atoms with E-state index < -0.39 is 42.7 Å². The van der Waals surface area contributed by atoms with E-state index in [0.717, 1.165) is 16.2 Å². The summed E-state index contributed by atoms with van der Waals surface area (Å²) < 4.78 is 17.8. The number of fused-ring (bicyclic) bond motifs is 1. The Balaban J connectivity index is 1.31. The summed E-state index contributed by atoms with van der Waals surface area (Å²) >= 11 is 4.56. The molecule has 1 fully saturated rings. The number of hydrogen-bond acceptors (Lipinski definition) is 14. The molecule has 0 aliphatic carbocycles. The molecule has 5 rings (SSSR count). The molecule has 3 aromatic heterocycles. The highest BCUT2D eigenvalue weighted by molar-refractivity contribution is 8.07. The highest BCUT2D eigenvalue weighted by Gasteiger charge is 2.53. The van der Waals surface area contributed by atoms with Crippen LogP contribution in [0.15, 0.2) is 50.0 Å². The number of nitrogens with zero attached hydrogens (tertiary/aromatic N) is 6. The van der Waals surface area contributed by atoms with Crippen molar-refractivity contribution in [3.8, 4) is 11.3 Å². The van der Waals surface area contributed by atoms with Crippen LogP contribution in [0.4, 0.5) is 0 Å². The normalized spacial score (nSPS) is 18.8. The fourth-order valence-corrected chi connectivity index (χ4v) is 9.37. The van der Waals surface area contributed by atoms with Crippen molar-refractivity contribution in [2.45, 2.75) is 29.2 Å². The van der Waals surface area contributed by atoms with Gasteiger partial charge < -0.3 is 24.5 Å². The Morgan fingerprint density at radius 3 is 2.72 bits per heavy atom. The Hall–Kier alpha value is -2.99. The number of ketones is 1. The van der Waals surface area contributed by atoms with Gasteiger partial charge in [0.1, 0.15) is 24.8 Å². The molecule has 2 aliphatic heterocycles. The van der Waals surface area contributed by atoms with Gasteiger partial charge in [0, 0.05) is 40.2 Å². The number of thioether (sulfide) groups is 2. The van der Waals surface area contributed by atoms with Crippen molar-refractivity contribution in [3.05, 3.63) is 51.3 Å². The number of amides is 1. The monoisotopic (exact) mass is 682 g/mol. The molecule has 2 N–H and O–H groups in total. The van der Waals surface area contributed by atoms with Gasteiger partial charge in [0.05, 0.1) is 28.7 Å². The first-order valence-corrected chi connectivity index (χ1v) is 17.9. The van der Waals surface area contributed by atoms with Crippen LogP contribution in [0.3, 0.4) is 0 Å². The molecule has 1 amide bonds. The molecular weight excluding hydrogens is 660 g/mol. The van der Waals surface area contributed by atoms with Crippen LogP contribution in [0.25, 0.3) is 11.3 Å². The van der Waals surface area contributed by atoms with E-state index in [1.165, 1.54) is 34.9 Å². The molecular formula is C24H23N6O8PS4. The van der Waals surface area contributed by atoms with Crippen LogP contribution in [-0.4, -0.2) is 70.1 Å². The first kappa shape index (κ1) is 31.4. The summed E-state index contributed by atoms with van der Waals surface area (Å²) in [6.07, 6.45) is 2.83. The predicted molar refractivity (Wildman–Crippen MR) is 157 cm³/mol. The third kappa shape index (κ3) is 7.06. The quantitative estimate of drug-likeness (QED) is 0.0908. The molecule has 5 heterocycles. The van der Waals surface area contributed by atoms with E-state index in [4.69, 9.17) is 4.84 Å². The fourth-order valence-electron chi connectivity index (χ4n) is 4.24. The van der Waals surface area contributed by atoms with E-state index in [9.17, 15) is 33.8 Å². The lowest BCUT2D eigenvalue weighted by molar-refractivity contribution is -0.671. The number of carboxylic acid groups (broad SMARTS) is 1. The average molecular weight is 683 g/mol. The van der Waals surface area contributed by atoms with Gasteiger partial charge in [-0.15, -0.1) is 23.1 Å².